The average molecular weight is 166 g/mol. The second kappa shape index (κ2) is 3.14. The Labute approximate surface area is 72.8 Å². The maximum absolute atomic E-state index is 11.5. The number of nitriles is 1. The summed E-state index contributed by atoms with van der Waals surface area (Å²) >= 11 is 0. The van der Waals surface area contributed by atoms with Crippen LogP contribution in [0.2, 0.25) is 0 Å². The van der Waals surface area contributed by atoms with Crippen LogP contribution in [0.4, 0.5) is 0 Å². The third kappa shape index (κ3) is 1.58. The van der Waals surface area contributed by atoms with Crippen molar-refractivity contribution < 1.29 is 4.79 Å². The van der Waals surface area contributed by atoms with Gasteiger partial charge in [-0.15, -0.1) is 0 Å². The van der Waals surface area contributed by atoms with Crippen molar-refractivity contribution in [3.63, 3.8) is 0 Å². The summed E-state index contributed by atoms with van der Waals surface area (Å²) in [5, 5.41) is 11.2. The largest absolute Gasteiger partial charge is 0.340 e. The van der Waals surface area contributed by atoms with Gasteiger partial charge in [-0.05, 0) is 26.2 Å². The van der Waals surface area contributed by atoms with Crippen LogP contribution in [0.15, 0.2) is 0 Å². The van der Waals surface area contributed by atoms with Gasteiger partial charge in [0, 0.05) is 5.41 Å². The number of hydrogen-bond donors (Lipinski definition) is 1. The zero-order valence-corrected chi connectivity index (χ0v) is 7.55. The Balaban J connectivity index is 2.45. The Bertz CT molecular complexity index is 225. The summed E-state index contributed by atoms with van der Waals surface area (Å²) < 4.78 is 0. The lowest BCUT2D eigenvalue weighted by molar-refractivity contribution is -0.126. The summed E-state index contributed by atoms with van der Waals surface area (Å²) in [4.78, 5) is 11.5. The van der Waals surface area contributed by atoms with Crippen LogP contribution in [0, 0.1) is 16.7 Å². The fourth-order valence-electron chi connectivity index (χ4n) is 1.27. The van der Waals surface area contributed by atoms with E-state index in [-0.39, 0.29) is 17.4 Å². The first-order valence-electron chi connectivity index (χ1n) is 4.35. The predicted octanol–water partition coefficient (Wildman–Crippen LogP) is 1.20. The molecule has 0 heterocycles. The average Bonchev–Trinajstić information content (AvgIpc) is 2.84. The Morgan fingerprint density at radius 2 is 2.33 bits per heavy atom. The van der Waals surface area contributed by atoms with Crippen LogP contribution in [-0.4, -0.2) is 11.9 Å². The second-order valence-corrected chi connectivity index (χ2v) is 3.46. The van der Waals surface area contributed by atoms with E-state index in [1.54, 1.807) is 6.92 Å². The first-order chi connectivity index (χ1) is 5.64. The highest BCUT2D eigenvalue weighted by molar-refractivity contribution is 5.85. The van der Waals surface area contributed by atoms with Crippen molar-refractivity contribution in [3.05, 3.63) is 0 Å². The van der Waals surface area contributed by atoms with E-state index in [1.165, 1.54) is 0 Å². The van der Waals surface area contributed by atoms with Gasteiger partial charge in [-0.3, -0.25) is 4.79 Å². The number of carbonyl (C=O) groups is 1. The maximum atomic E-state index is 11.5. The van der Waals surface area contributed by atoms with Crippen LogP contribution in [0.3, 0.4) is 0 Å². The van der Waals surface area contributed by atoms with Gasteiger partial charge in [-0.25, -0.2) is 0 Å². The van der Waals surface area contributed by atoms with Gasteiger partial charge in [0.25, 0.3) is 0 Å². The molecule has 12 heavy (non-hydrogen) atoms. The lowest BCUT2D eigenvalue weighted by Gasteiger charge is -2.13. The summed E-state index contributed by atoms with van der Waals surface area (Å²) in [7, 11) is 0. The third-order valence-corrected chi connectivity index (χ3v) is 2.55. The van der Waals surface area contributed by atoms with Crippen LogP contribution in [0.25, 0.3) is 0 Å². The fourth-order valence-corrected chi connectivity index (χ4v) is 1.27. The molecule has 0 radical (unpaired) electrons. The monoisotopic (exact) mass is 166 g/mol. The van der Waals surface area contributed by atoms with Crippen molar-refractivity contribution in [2.75, 3.05) is 0 Å². The number of carbonyl (C=O) groups excluding carboxylic acids is 1. The van der Waals surface area contributed by atoms with Crippen LogP contribution in [0.5, 0.6) is 0 Å². The van der Waals surface area contributed by atoms with Crippen molar-refractivity contribution in [2.24, 2.45) is 5.41 Å². The Morgan fingerprint density at radius 3 is 2.67 bits per heavy atom. The van der Waals surface area contributed by atoms with E-state index >= 15 is 0 Å². The Kier molecular flexibility index (Phi) is 2.37. The molecule has 1 aliphatic carbocycles. The zero-order chi connectivity index (χ0) is 9.19. The first-order valence-corrected chi connectivity index (χ1v) is 4.35. The summed E-state index contributed by atoms with van der Waals surface area (Å²) in [6.45, 7) is 3.72. The van der Waals surface area contributed by atoms with E-state index in [9.17, 15) is 4.79 Å². The minimum absolute atomic E-state index is 0.0547. The molecule has 0 aromatic heterocycles. The molecule has 0 bridgehead atoms. The van der Waals surface area contributed by atoms with E-state index in [0.717, 1.165) is 19.3 Å². The zero-order valence-electron chi connectivity index (χ0n) is 7.55. The third-order valence-electron chi connectivity index (χ3n) is 2.55. The summed E-state index contributed by atoms with van der Waals surface area (Å²) in [5.41, 5.74) is -0.120. The van der Waals surface area contributed by atoms with E-state index in [4.69, 9.17) is 5.26 Å². The highest BCUT2D eigenvalue weighted by Gasteiger charge is 2.48. The van der Waals surface area contributed by atoms with Crippen molar-refractivity contribution in [3.8, 4) is 6.07 Å². The van der Waals surface area contributed by atoms with Crippen molar-refractivity contribution in [1.82, 2.24) is 5.32 Å². The molecular weight excluding hydrogens is 152 g/mol. The normalized spacial score (nSPS) is 20.8. The molecule has 1 saturated carbocycles. The van der Waals surface area contributed by atoms with E-state index in [1.807, 2.05) is 13.0 Å². The maximum Gasteiger partial charge on any atom is 0.227 e. The molecule has 3 heteroatoms. The van der Waals surface area contributed by atoms with Gasteiger partial charge in [0.2, 0.25) is 5.91 Å². The highest BCUT2D eigenvalue weighted by Crippen LogP contribution is 2.48. The molecule has 0 aromatic rings. The summed E-state index contributed by atoms with van der Waals surface area (Å²) in [6, 6.07) is 1.63. The van der Waals surface area contributed by atoms with Crippen LogP contribution >= 0.6 is 0 Å². The molecule has 1 fully saturated rings. The summed E-state index contributed by atoms with van der Waals surface area (Å²) in [6.07, 6.45) is 2.85. The van der Waals surface area contributed by atoms with E-state index in [0.29, 0.717) is 0 Å². The van der Waals surface area contributed by atoms with Gasteiger partial charge in [-0.1, -0.05) is 6.92 Å². The molecule has 0 aliphatic heterocycles. The van der Waals surface area contributed by atoms with E-state index < -0.39 is 0 Å². The molecular formula is C9H14N2O. The minimum atomic E-state index is -0.360. The van der Waals surface area contributed by atoms with Gasteiger partial charge in [0.1, 0.15) is 6.04 Å². The molecule has 1 amide bonds. The van der Waals surface area contributed by atoms with Gasteiger partial charge < -0.3 is 5.32 Å². The van der Waals surface area contributed by atoms with E-state index in [2.05, 4.69) is 5.32 Å². The van der Waals surface area contributed by atoms with Crippen LogP contribution in [0.1, 0.15) is 33.1 Å². The molecule has 3 nitrogen and oxygen atoms in total. The molecule has 0 spiro atoms. The fraction of sp³-hybridized carbons (Fsp3) is 0.778. The lowest BCUT2D eigenvalue weighted by Crippen LogP contribution is -2.37. The van der Waals surface area contributed by atoms with Crippen molar-refractivity contribution >= 4 is 5.91 Å². The molecule has 66 valence electrons. The van der Waals surface area contributed by atoms with Crippen molar-refractivity contribution in [1.29, 1.82) is 5.26 Å². The van der Waals surface area contributed by atoms with Crippen LogP contribution in [-0.2, 0) is 4.79 Å². The molecule has 0 saturated heterocycles. The van der Waals surface area contributed by atoms with Crippen molar-refractivity contribution in [2.45, 2.75) is 39.2 Å². The van der Waals surface area contributed by atoms with Gasteiger partial charge in [0.15, 0.2) is 0 Å². The number of nitrogens with zero attached hydrogens (tertiary/aromatic N) is 1. The molecule has 0 aromatic carbocycles. The molecule has 1 aliphatic rings. The van der Waals surface area contributed by atoms with Gasteiger partial charge in [-0.2, -0.15) is 5.26 Å². The van der Waals surface area contributed by atoms with Crippen LogP contribution < -0.4 is 5.32 Å². The topological polar surface area (TPSA) is 52.9 Å². The SMILES string of the molecule is CCC1(C(=O)NC(C)C#N)CC1. The molecule has 1 unspecified atom stereocenters. The standard InChI is InChI=1S/C9H14N2O/c1-3-9(4-5-9)8(12)11-7(2)6-10/h7H,3-5H2,1-2H3,(H,11,12). The quantitative estimate of drug-likeness (QED) is 0.685. The molecule has 1 atom stereocenters. The Morgan fingerprint density at radius 1 is 1.75 bits per heavy atom. The summed E-state index contributed by atoms with van der Waals surface area (Å²) in [5.74, 6) is 0.0547. The molecule has 1 N–H and O–H groups in total. The number of nitrogens with one attached hydrogen (secondary N) is 1. The lowest BCUT2D eigenvalue weighted by atomic mass is 10.0. The number of rotatable bonds is 3. The number of hydrogen-bond acceptors (Lipinski definition) is 2. The van der Waals surface area contributed by atoms with Gasteiger partial charge >= 0.3 is 0 Å². The smallest absolute Gasteiger partial charge is 0.227 e. The first kappa shape index (κ1) is 9.05. The molecule has 1 rings (SSSR count). The number of amides is 1. The second-order valence-electron chi connectivity index (χ2n) is 3.46. The minimum Gasteiger partial charge on any atom is -0.340 e. The highest BCUT2D eigenvalue weighted by atomic mass is 16.2. The van der Waals surface area contributed by atoms with Gasteiger partial charge in [0.05, 0.1) is 6.07 Å². The Hall–Kier alpha value is -1.04. The predicted molar refractivity (Wildman–Crippen MR) is 45.2 cm³/mol.